The number of hydrogen-bond donors (Lipinski definition) is 3. The Morgan fingerprint density at radius 2 is 2.40 bits per heavy atom. The van der Waals surface area contributed by atoms with Gasteiger partial charge in [-0.15, -0.1) is 0 Å². The van der Waals surface area contributed by atoms with Crippen LogP contribution in [0.3, 0.4) is 0 Å². The summed E-state index contributed by atoms with van der Waals surface area (Å²) in [5.41, 5.74) is 0.789. The zero-order valence-electron chi connectivity index (χ0n) is 8.71. The van der Waals surface area contributed by atoms with Gasteiger partial charge >= 0.3 is 5.97 Å². The monoisotopic (exact) mass is 209 g/mol. The molecule has 1 unspecified atom stereocenters. The number of rotatable bonds is 2. The summed E-state index contributed by atoms with van der Waals surface area (Å²) in [4.78, 5) is 10.7. The van der Waals surface area contributed by atoms with Gasteiger partial charge in [0, 0.05) is 0 Å². The van der Waals surface area contributed by atoms with E-state index in [4.69, 9.17) is 5.11 Å². The molecule has 82 valence electrons. The summed E-state index contributed by atoms with van der Waals surface area (Å²) in [6, 6.07) is 1.61. The maximum Gasteiger partial charge on any atom is 0.356 e. The van der Waals surface area contributed by atoms with E-state index in [-0.39, 0.29) is 11.2 Å². The predicted octanol–water partition coefficient (Wildman–Crippen LogP) is 1.10. The highest BCUT2D eigenvalue weighted by molar-refractivity contribution is 5.85. The fourth-order valence-electron chi connectivity index (χ4n) is 2.00. The van der Waals surface area contributed by atoms with Crippen molar-refractivity contribution in [1.82, 2.24) is 15.5 Å². The zero-order chi connectivity index (χ0) is 10.9. The van der Waals surface area contributed by atoms with E-state index in [1.807, 2.05) is 0 Å². The van der Waals surface area contributed by atoms with Crippen molar-refractivity contribution >= 4 is 5.97 Å². The Morgan fingerprint density at radius 1 is 1.60 bits per heavy atom. The lowest BCUT2D eigenvalue weighted by Gasteiger charge is -2.33. The molecule has 1 aliphatic heterocycles. The van der Waals surface area contributed by atoms with Gasteiger partial charge in [0.25, 0.3) is 0 Å². The average molecular weight is 209 g/mol. The molecule has 1 saturated heterocycles. The molecule has 3 N–H and O–H groups in total. The third kappa shape index (κ3) is 1.87. The Morgan fingerprint density at radius 3 is 2.93 bits per heavy atom. The predicted molar refractivity (Wildman–Crippen MR) is 54.8 cm³/mol. The molecule has 1 aromatic heterocycles. The van der Waals surface area contributed by atoms with E-state index >= 15 is 0 Å². The topological polar surface area (TPSA) is 78.0 Å². The Hall–Kier alpha value is -1.36. The molecule has 0 saturated carbocycles. The van der Waals surface area contributed by atoms with Gasteiger partial charge in [0.05, 0.1) is 11.2 Å². The fraction of sp³-hybridized carbons (Fsp3) is 0.600. The summed E-state index contributed by atoms with van der Waals surface area (Å²) >= 11 is 0. The minimum Gasteiger partial charge on any atom is -0.476 e. The van der Waals surface area contributed by atoms with Gasteiger partial charge in [-0.2, -0.15) is 5.10 Å². The third-order valence-corrected chi connectivity index (χ3v) is 3.01. The van der Waals surface area contributed by atoms with Crippen LogP contribution in [0.15, 0.2) is 6.07 Å². The van der Waals surface area contributed by atoms with E-state index in [9.17, 15) is 4.79 Å². The van der Waals surface area contributed by atoms with Crippen LogP contribution in [0.5, 0.6) is 0 Å². The number of aromatic nitrogens is 2. The summed E-state index contributed by atoms with van der Waals surface area (Å²) in [5.74, 6) is -0.989. The molecule has 1 aromatic rings. The molecule has 0 bridgehead atoms. The molecule has 1 atom stereocenters. The van der Waals surface area contributed by atoms with E-state index in [2.05, 4.69) is 22.4 Å². The zero-order valence-corrected chi connectivity index (χ0v) is 8.71. The number of nitrogens with zero attached hydrogens (tertiary/aromatic N) is 1. The fourth-order valence-corrected chi connectivity index (χ4v) is 2.00. The second kappa shape index (κ2) is 3.66. The van der Waals surface area contributed by atoms with Gasteiger partial charge < -0.3 is 10.4 Å². The first-order valence-electron chi connectivity index (χ1n) is 5.16. The molecule has 5 nitrogen and oxygen atoms in total. The average Bonchev–Trinajstić information content (AvgIpc) is 2.68. The van der Waals surface area contributed by atoms with Crippen LogP contribution in [0, 0.1) is 0 Å². The largest absolute Gasteiger partial charge is 0.476 e. The first-order valence-corrected chi connectivity index (χ1v) is 5.16. The molecule has 0 aliphatic carbocycles. The van der Waals surface area contributed by atoms with Crippen LogP contribution in [-0.4, -0.2) is 27.8 Å². The number of aromatic amines is 1. The smallest absolute Gasteiger partial charge is 0.356 e. The van der Waals surface area contributed by atoms with Crippen molar-refractivity contribution in [3.8, 4) is 0 Å². The van der Waals surface area contributed by atoms with Crippen LogP contribution in [0.25, 0.3) is 0 Å². The summed E-state index contributed by atoms with van der Waals surface area (Å²) < 4.78 is 0. The molecule has 2 rings (SSSR count). The molecule has 0 aromatic carbocycles. The standard InChI is InChI=1S/C10H15N3O2/c1-10(4-2-3-5-11-10)8-6-7(9(14)15)12-13-8/h6,11H,2-5H2,1H3,(H,12,13)(H,14,15). The molecule has 2 heterocycles. The molecule has 0 spiro atoms. The van der Waals surface area contributed by atoms with Crippen LogP contribution in [0.4, 0.5) is 0 Å². The second-order valence-corrected chi connectivity index (χ2v) is 4.19. The number of carboxylic acids is 1. The molecule has 5 heteroatoms. The molecule has 1 fully saturated rings. The lowest BCUT2D eigenvalue weighted by Crippen LogP contribution is -2.43. The Labute approximate surface area is 87.9 Å². The third-order valence-electron chi connectivity index (χ3n) is 3.01. The Kier molecular flexibility index (Phi) is 2.48. The van der Waals surface area contributed by atoms with Gasteiger partial charge in [0.2, 0.25) is 0 Å². The van der Waals surface area contributed by atoms with Crippen LogP contribution in [0.2, 0.25) is 0 Å². The Bertz CT molecular complexity index is 366. The van der Waals surface area contributed by atoms with Crippen LogP contribution >= 0.6 is 0 Å². The number of aromatic carboxylic acids is 1. The van der Waals surface area contributed by atoms with Crippen LogP contribution in [-0.2, 0) is 5.54 Å². The van der Waals surface area contributed by atoms with Crippen molar-refractivity contribution < 1.29 is 9.90 Å². The van der Waals surface area contributed by atoms with E-state index in [1.165, 1.54) is 6.42 Å². The minimum absolute atomic E-state index is 0.0820. The molecular weight excluding hydrogens is 194 g/mol. The van der Waals surface area contributed by atoms with Gasteiger partial charge in [-0.1, -0.05) is 0 Å². The summed E-state index contributed by atoms with van der Waals surface area (Å²) in [5, 5.41) is 18.8. The maximum absolute atomic E-state index is 10.7. The summed E-state index contributed by atoms with van der Waals surface area (Å²) in [6.45, 7) is 3.04. The van der Waals surface area contributed by atoms with Crippen molar-refractivity contribution in [3.63, 3.8) is 0 Å². The summed E-state index contributed by atoms with van der Waals surface area (Å²) in [6.07, 6.45) is 3.34. The van der Waals surface area contributed by atoms with Crippen molar-refractivity contribution in [3.05, 3.63) is 17.5 Å². The number of nitrogens with one attached hydrogen (secondary N) is 2. The minimum atomic E-state index is -0.989. The maximum atomic E-state index is 10.7. The quantitative estimate of drug-likeness (QED) is 0.681. The van der Waals surface area contributed by atoms with E-state index < -0.39 is 5.97 Å². The first kappa shape index (κ1) is 10.2. The van der Waals surface area contributed by atoms with Crippen molar-refractivity contribution in [2.45, 2.75) is 31.7 Å². The second-order valence-electron chi connectivity index (χ2n) is 4.19. The molecular formula is C10H15N3O2. The molecule has 15 heavy (non-hydrogen) atoms. The highest BCUT2D eigenvalue weighted by Gasteiger charge is 2.30. The lowest BCUT2D eigenvalue weighted by atomic mass is 9.88. The van der Waals surface area contributed by atoms with Gasteiger partial charge in [0.15, 0.2) is 5.69 Å². The van der Waals surface area contributed by atoms with Gasteiger partial charge in [-0.05, 0) is 38.8 Å². The van der Waals surface area contributed by atoms with E-state index in [0.717, 1.165) is 25.1 Å². The lowest BCUT2D eigenvalue weighted by molar-refractivity contribution is 0.0690. The number of piperidine rings is 1. The molecule has 0 amide bonds. The van der Waals surface area contributed by atoms with Crippen molar-refractivity contribution in [2.75, 3.05) is 6.54 Å². The number of hydrogen-bond acceptors (Lipinski definition) is 3. The Balaban J connectivity index is 2.23. The normalized spacial score (nSPS) is 26.5. The highest BCUT2D eigenvalue weighted by Crippen LogP contribution is 2.28. The van der Waals surface area contributed by atoms with E-state index in [0.29, 0.717) is 0 Å². The van der Waals surface area contributed by atoms with Gasteiger partial charge in [-0.25, -0.2) is 4.79 Å². The summed E-state index contributed by atoms with van der Waals surface area (Å²) in [7, 11) is 0. The number of carbonyl (C=O) groups is 1. The molecule has 0 radical (unpaired) electrons. The van der Waals surface area contributed by atoms with Crippen molar-refractivity contribution in [2.24, 2.45) is 0 Å². The number of carboxylic acid groups (broad SMARTS) is 1. The number of H-pyrrole nitrogens is 1. The SMILES string of the molecule is CC1(c2cc(C(=O)O)n[nH]2)CCCCN1. The highest BCUT2D eigenvalue weighted by atomic mass is 16.4. The van der Waals surface area contributed by atoms with E-state index in [1.54, 1.807) is 6.07 Å². The van der Waals surface area contributed by atoms with Crippen LogP contribution < -0.4 is 5.32 Å². The van der Waals surface area contributed by atoms with Crippen LogP contribution in [0.1, 0.15) is 42.4 Å². The van der Waals surface area contributed by atoms with Crippen molar-refractivity contribution in [1.29, 1.82) is 0 Å². The first-order chi connectivity index (χ1) is 7.12. The molecule has 1 aliphatic rings. The van der Waals surface area contributed by atoms with Gasteiger partial charge in [-0.3, -0.25) is 5.10 Å². The van der Waals surface area contributed by atoms with Gasteiger partial charge in [0.1, 0.15) is 0 Å².